The van der Waals surface area contributed by atoms with Crippen molar-refractivity contribution in [3.8, 4) is 11.5 Å². The Labute approximate surface area is 222 Å². The van der Waals surface area contributed by atoms with Gasteiger partial charge in [-0.15, -0.1) is 0 Å². The lowest BCUT2D eigenvalue weighted by Gasteiger charge is -2.41. The minimum atomic E-state index is -1.68. The lowest BCUT2D eigenvalue weighted by Crippen LogP contribution is -2.42. The molecule has 1 aliphatic rings. The van der Waals surface area contributed by atoms with Crippen LogP contribution in [0.25, 0.3) is 10.9 Å². The van der Waals surface area contributed by atoms with Gasteiger partial charge in [-0.3, -0.25) is 14.7 Å². The lowest BCUT2D eigenvalue weighted by molar-refractivity contribution is -0.141. The minimum absolute atomic E-state index is 0.0316. The van der Waals surface area contributed by atoms with Crippen molar-refractivity contribution in [1.82, 2.24) is 9.88 Å². The van der Waals surface area contributed by atoms with Gasteiger partial charge in [0.2, 0.25) is 5.82 Å². The molecule has 0 bridgehead atoms. The maximum Gasteiger partial charge on any atom is 0.303 e. The first-order chi connectivity index (χ1) is 18.6. The van der Waals surface area contributed by atoms with E-state index in [4.69, 9.17) is 9.47 Å². The number of ether oxygens (including phenoxy) is 2. The van der Waals surface area contributed by atoms with E-state index in [1.807, 2.05) is 4.90 Å². The van der Waals surface area contributed by atoms with Crippen molar-refractivity contribution < 1.29 is 41.3 Å². The number of alkyl halides is 1. The fourth-order valence-corrected chi connectivity index (χ4v) is 5.20. The molecule has 2 aromatic carbocycles. The molecule has 0 radical (unpaired) electrons. The average Bonchev–Trinajstić information content (AvgIpc) is 2.90. The van der Waals surface area contributed by atoms with Crippen LogP contribution in [0.1, 0.15) is 43.8 Å². The zero-order valence-electron chi connectivity index (χ0n) is 21.4. The van der Waals surface area contributed by atoms with Gasteiger partial charge in [0.1, 0.15) is 30.2 Å². The highest BCUT2D eigenvalue weighted by atomic mass is 19.2. The number of aliphatic carboxylic acids is 1. The molecule has 0 aliphatic carbocycles. The smallest absolute Gasteiger partial charge is 0.303 e. The monoisotopic (exact) mass is 552 g/mol. The second-order valence-corrected chi connectivity index (χ2v) is 9.87. The molecular weight excluding hydrogens is 523 g/mol. The summed E-state index contributed by atoms with van der Waals surface area (Å²) in [6, 6.07) is 6.00. The maximum absolute atomic E-state index is 15.6. The SMILES string of the molecule is COc1ccc2ncc(F)c(C(F)CCC3(CC(=O)O)CCN(CCOc4cc(F)cc(F)c4F)CC3)c2c1. The summed E-state index contributed by atoms with van der Waals surface area (Å²) in [6.45, 7) is 1.23. The standard InChI is InChI=1S/C28H29F5N2O4/c1-38-18-2-3-23-19(14-18)26(22(32)16-34-23)20(30)4-5-28(15-25(36)37)6-8-35(9-7-28)10-11-39-24-13-17(29)12-21(31)27(24)33/h2-3,12-14,16,20H,4-11,15H2,1H3,(H,36,37). The number of piperidine rings is 1. The Kier molecular flexibility index (Phi) is 8.89. The largest absolute Gasteiger partial charge is 0.497 e. The number of hydrogen-bond acceptors (Lipinski definition) is 5. The van der Waals surface area contributed by atoms with Gasteiger partial charge in [0.15, 0.2) is 11.6 Å². The van der Waals surface area contributed by atoms with E-state index in [9.17, 15) is 27.5 Å². The van der Waals surface area contributed by atoms with Crippen LogP contribution in [0.3, 0.4) is 0 Å². The maximum atomic E-state index is 15.6. The number of carboxylic acids is 1. The molecule has 2 heterocycles. The number of pyridine rings is 1. The summed E-state index contributed by atoms with van der Waals surface area (Å²) in [5, 5.41) is 9.86. The summed E-state index contributed by atoms with van der Waals surface area (Å²) in [6.07, 6.45) is 0.186. The first-order valence-electron chi connectivity index (χ1n) is 12.6. The molecule has 1 aromatic heterocycles. The Morgan fingerprint density at radius 1 is 1.13 bits per heavy atom. The highest BCUT2D eigenvalue weighted by Crippen LogP contribution is 2.43. The highest BCUT2D eigenvalue weighted by Gasteiger charge is 2.37. The number of rotatable bonds is 11. The van der Waals surface area contributed by atoms with Gasteiger partial charge in [-0.05, 0) is 62.4 Å². The van der Waals surface area contributed by atoms with E-state index in [-0.39, 0.29) is 31.4 Å². The van der Waals surface area contributed by atoms with Crippen LogP contribution in [-0.4, -0.2) is 54.3 Å². The molecule has 1 unspecified atom stereocenters. The Morgan fingerprint density at radius 2 is 1.87 bits per heavy atom. The number of likely N-dealkylation sites (tertiary alicyclic amines) is 1. The number of aromatic nitrogens is 1. The van der Waals surface area contributed by atoms with Crippen LogP contribution in [0.2, 0.25) is 0 Å². The van der Waals surface area contributed by atoms with Crippen LogP contribution in [0.15, 0.2) is 36.5 Å². The molecule has 1 aliphatic heterocycles. The van der Waals surface area contributed by atoms with Crippen molar-refractivity contribution >= 4 is 16.9 Å². The predicted octanol–water partition coefficient (Wildman–Crippen LogP) is 6.23. The number of nitrogens with zero attached hydrogens (tertiary/aromatic N) is 2. The van der Waals surface area contributed by atoms with Crippen molar-refractivity contribution in [2.45, 2.75) is 38.3 Å². The van der Waals surface area contributed by atoms with Gasteiger partial charge in [0.05, 0.1) is 25.2 Å². The summed E-state index contributed by atoms with van der Waals surface area (Å²) in [5.41, 5.74) is -0.394. The van der Waals surface area contributed by atoms with Crippen LogP contribution in [-0.2, 0) is 4.79 Å². The van der Waals surface area contributed by atoms with E-state index in [1.165, 1.54) is 13.2 Å². The number of carboxylic acid groups (broad SMARTS) is 1. The molecule has 3 aromatic rings. The normalized spacial score (nSPS) is 16.3. The third-order valence-electron chi connectivity index (χ3n) is 7.38. The van der Waals surface area contributed by atoms with E-state index >= 15 is 4.39 Å². The summed E-state index contributed by atoms with van der Waals surface area (Å²) in [5.74, 6) is -5.43. The number of hydrogen-bond donors (Lipinski definition) is 1. The molecule has 11 heteroatoms. The number of methoxy groups -OCH3 is 1. The number of carbonyl (C=O) groups is 1. The summed E-state index contributed by atoms with van der Waals surface area (Å²) in [4.78, 5) is 17.7. The molecule has 0 saturated carbocycles. The molecule has 0 amide bonds. The van der Waals surface area contributed by atoms with Gasteiger partial charge in [-0.25, -0.2) is 17.6 Å². The number of benzene rings is 2. The van der Waals surface area contributed by atoms with E-state index in [1.54, 1.807) is 12.1 Å². The molecule has 4 rings (SSSR count). The molecule has 1 saturated heterocycles. The first kappa shape index (κ1) is 28.5. The van der Waals surface area contributed by atoms with Gasteiger partial charge >= 0.3 is 5.97 Å². The summed E-state index contributed by atoms with van der Waals surface area (Å²) >= 11 is 0. The first-order valence-corrected chi connectivity index (χ1v) is 12.6. The third-order valence-corrected chi connectivity index (χ3v) is 7.38. The Morgan fingerprint density at radius 3 is 2.56 bits per heavy atom. The summed E-state index contributed by atoms with van der Waals surface area (Å²) < 4.78 is 81.2. The third kappa shape index (κ3) is 6.76. The topological polar surface area (TPSA) is 71.9 Å². The molecule has 0 spiro atoms. The Bertz CT molecular complexity index is 1330. The molecule has 6 nitrogen and oxygen atoms in total. The second-order valence-electron chi connectivity index (χ2n) is 9.87. The van der Waals surface area contributed by atoms with Crippen molar-refractivity contribution in [2.24, 2.45) is 5.41 Å². The fraction of sp³-hybridized carbons (Fsp3) is 0.429. The number of halogens is 5. The molecule has 1 N–H and O–H groups in total. The lowest BCUT2D eigenvalue weighted by atomic mass is 9.71. The van der Waals surface area contributed by atoms with Crippen LogP contribution >= 0.6 is 0 Å². The van der Waals surface area contributed by atoms with Crippen LogP contribution in [0.4, 0.5) is 22.0 Å². The summed E-state index contributed by atoms with van der Waals surface area (Å²) in [7, 11) is 1.45. The van der Waals surface area contributed by atoms with Crippen molar-refractivity contribution in [3.05, 3.63) is 65.4 Å². The molecule has 1 atom stereocenters. The Balaban J connectivity index is 1.39. The van der Waals surface area contributed by atoms with E-state index in [0.717, 1.165) is 12.3 Å². The van der Waals surface area contributed by atoms with Crippen molar-refractivity contribution in [3.63, 3.8) is 0 Å². The van der Waals surface area contributed by atoms with Crippen LogP contribution < -0.4 is 9.47 Å². The van der Waals surface area contributed by atoms with Crippen LogP contribution in [0, 0.1) is 28.7 Å². The average molecular weight is 553 g/mol. The van der Waals surface area contributed by atoms with Gasteiger partial charge in [0, 0.05) is 29.6 Å². The predicted molar refractivity (Wildman–Crippen MR) is 134 cm³/mol. The second kappa shape index (κ2) is 12.1. The van der Waals surface area contributed by atoms with E-state index in [2.05, 4.69) is 4.98 Å². The van der Waals surface area contributed by atoms with E-state index < -0.39 is 46.6 Å². The van der Waals surface area contributed by atoms with Gasteiger partial charge in [0.25, 0.3) is 0 Å². The minimum Gasteiger partial charge on any atom is -0.497 e. The van der Waals surface area contributed by atoms with Gasteiger partial charge < -0.3 is 14.6 Å². The van der Waals surface area contributed by atoms with Crippen molar-refractivity contribution in [2.75, 3.05) is 33.4 Å². The molecular formula is C28H29F5N2O4. The quantitative estimate of drug-likeness (QED) is 0.225. The Hall–Kier alpha value is -3.47. The zero-order valence-corrected chi connectivity index (χ0v) is 21.4. The van der Waals surface area contributed by atoms with Crippen LogP contribution in [0.5, 0.6) is 11.5 Å². The fourth-order valence-electron chi connectivity index (χ4n) is 5.20. The van der Waals surface area contributed by atoms with Gasteiger partial charge in [-0.2, -0.15) is 4.39 Å². The molecule has 39 heavy (non-hydrogen) atoms. The highest BCUT2D eigenvalue weighted by molar-refractivity contribution is 5.84. The van der Waals surface area contributed by atoms with Crippen molar-refractivity contribution in [1.29, 1.82) is 0 Å². The zero-order chi connectivity index (χ0) is 28.2. The van der Waals surface area contributed by atoms with E-state index in [0.29, 0.717) is 55.2 Å². The molecule has 1 fully saturated rings. The molecule has 210 valence electrons. The number of fused-ring (bicyclic) bond motifs is 1. The van der Waals surface area contributed by atoms with Gasteiger partial charge in [-0.1, -0.05) is 0 Å².